The van der Waals surface area contributed by atoms with E-state index < -0.39 is 17.2 Å². The number of ether oxygens (including phenoxy) is 1. The first-order valence-corrected chi connectivity index (χ1v) is 8.20. The number of nitrogens with zero attached hydrogens (tertiary/aromatic N) is 3. The molecule has 3 N–H and O–H groups in total. The van der Waals surface area contributed by atoms with Gasteiger partial charge in [0.15, 0.2) is 5.69 Å². The van der Waals surface area contributed by atoms with E-state index in [4.69, 9.17) is 10.5 Å². The van der Waals surface area contributed by atoms with Crippen LogP contribution in [0.3, 0.4) is 0 Å². The second-order valence-electron chi connectivity index (χ2n) is 6.18. The van der Waals surface area contributed by atoms with Gasteiger partial charge in [-0.2, -0.15) is 0 Å². The molecule has 0 aliphatic carbocycles. The third-order valence-electron chi connectivity index (χ3n) is 3.72. The summed E-state index contributed by atoms with van der Waals surface area (Å²) < 4.78 is 6.32. The van der Waals surface area contributed by atoms with Crippen molar-refractivity contribution in [2.24, 2.45) is 5.92 Å². The van der Waals surface area contributed by atoms with Crippen LogP contribution in [0.4, 0.5) is 11.5 Å². The fourth-order valence-electron chi connectivity index (χ4n) is 2.53. The molecule has 0 aliphatic heterocycles. The van der Waals surface area contributed by atoms with Crippen LogP contribution in [0.5, 0.6) is 0 Å². The first-order valence-electron chi connectivity index (χ1n) is 8.20. The fourth-order valence-corrected chi connectivity index (χ4v) is 2.53. The number of carbonyl (C=O) groups is 1. The molecule has 2 heterocycles. The molecule has 0 aliphatic rings. The van der Waals surface area contributed by atoms with Crippen molar-refractivity contribution in [3.8, 4) is 0 Å². The zero-order chi connectivity index (χ0) is 19.3. The first kappa shape index (κ1) is 19.4. The Morgan fingerprint density at radius 1 is 1.35 bits per heavy atom. The Balaban J connectivity index is 2.59. The van der Waals surface area contributed by atoms with Crippen LogP contribution < -0.4 is 21.9 Å². The topological polar surface area (TPSA) is 123 Å². The molecule has 0 saturated heterocycles. The fraction of sp³-hybridized carbons (Fsp3) is 0.412. The minimum atomic E-state index is -0.717. The van der Waals surface area contributed by atoms with Crippen molar-refractivity contribution in [3.05, 3.63) is 50.9 Å². The SMILES string of the molecule is COCCN(C(=O)c1ccncc1)c1c(N)n(CC(C)C)c(=O)[nH]c1=O. The summed E-state index contributed by atoms with van der Waals surface area (Å²) >= 11 is 0. The van der Waals surface area contributed by atoms with Gasteiger partial charge in [-0.25, -0.2) is 4.79 Å². The normalized spacial score (nSPS) is 10.9. The number of H-pyrrole nitrogens is 1. The maximum Gasteiger partial charge on any atom is 0.330 e. The highest BCUT2D eigenvalue weighted by molar-refractivity contribution is 6.07. The summed E-state index contributed by atoms with van der Waals surface area (Å²) in [5.74, 6) is -0.362. The molecule has 2 aromatic rings. The maximum absolute atomic E-state index is 12.9. The van der Waals surface area contributed by atoms with Gasteiger partial charge in [-0.3, -0.25) is 29.0 Å². The number of aromatic amines is 1. The van der Waals surface area contributed by atoms with E-state index in [9.17, 15) is 14.4 Å². The number of nitrogen functional groups attached to an aromatic ring is 1. The molecule has 9 heteroatoms. The van der Waals surface area contributed by atoms with Crippen molar-refractivity contribution >= 4 is 17.4 Å². The minimum Gasteiger partial charge on any atom is -0.383 e. The molecule has 140 valence electrons. The van der Waals surface area contributed by atoms with Crippen molar-refractivity contribution in [1.29, 1.82) is 0 Å². The van der Waals surface area contributed by atoms with Gasteiger partial charge in [0, 0.05) is 38.2 Å². The number of amides is 1. The second kappa shape index (κ2) is 8.43. The quantitative estimate of drug-likeness (QED) is 0.738. The highest BCUT2D eigenvalue weighted by Crippen LogP contribution is 2.19. The summed E-state index contributed by atoms with van der Waals surface area (Å²) in [6.07, 6.45) is 2.96. The number of pyridine rings is 1. The van der Waals surface area contributed by atoms with Crippen molar-refractivity contribution in [2.45, 2.75) is 20.4 Å². The Labute approximate surface area is 150 Å². The van der Waals surface area contributed by atoms with Crippen molar-refractivity contribution in [3.63, 3.8) is 0 Å². The average molecular weight is 361 g/mol. The summed E-state index contributed by atoms with van der Waals surface area (Å²) in [6, 6.07) is 3.08. The summed E-state index contributed by atoms with van der Waals surface area (Å²) in [4.78, 5) is 44.8. The third kappa shape index (κ3) is 4.17. The molecule has 0 bridgehead atoms. The standard InChI is InChI=1S/C17H23N5O4/c1-11(2)10-22-14(18)13(15(23)20-17(22)25)21(8-9-26-3)16(24)12-4-6-19-7-5-12/h4-7,11H,8-10,18H2,1-3H3,(H,20,23,25). The monoisotopic (exact) mass is 361 g/mol. The smallest absolute Gasteiger partial charge is 0.330 e. The average Bonchev–Trinajstić information content (AvgIpc) is 2.61. The van der Waals surface area contributed by atoms with Gasteiger partial charge in [-0.15, -0.1) is 0 Å². The summed E-state index contributed by atoms with van der Waals surface area (Å²) in [5, 5.41) is 0. The van der Waals surface area contributed by atoms with Gasteiger partial charge in [0.25, 0.3) is 11.5 Å². The molecule has 2 rings (SSSR count). The number of aromatic nitrogens is 3. The molecule has 9 nitrogen and oxygen atoms in total. The van der Waals surface area contributed by atoms with Gasteiger partial charge in [0.2, 0.25) is 0 Å². The van der Waals surface area contributed by atoms with E-state index in [2.05, 4.69) is 9.97 Å². The van der Waals surface area contributed by atoms with Crippen molar-refractivity contribution in [2.75, 3.05) is 30.9 Å². The number of anilines is 2. The van der Waals surface area contributed by atoms with Crippen LogP contribution in [0, 0.1) is 5.92 Å². The zero-order valence-corrected chi connectivity index (χ0v) is 15.1. The summed E-state index contributed by atoms with van der Waals surface area (Å²) in [5.41, 5.74) is 5.08. The Morgan fingerprint density at radius 2 is 2.00 bits per heavy atom. The van der Waals surface area contributed by atoms with E-state index in [0.29, 0.717) is 12.1 Å². The van der Waals surface area contributed by atoms with Gasteiger partial charge >= 0.3 is 5.69 Å². The van der Waals surface area contributed by atoms with Crippen molar-refractivity contribution in [1.82, 2.24) is 14.5 Å². The highest BCUT2D eigenvalue weighted by atomic mass is 16.5. The van der Waals surface area contributed by atoms with E-state index in [1.165, 1.54) is 41.1 Å². The molecule has 0 fully saturated rings. The van der Waals surface area contributed by atoms with Crippen LogP contribution in [-0.4, -0.2) is 40.7 Å². The highest BCUT2D eigenvalue weighted by Gasteiger charge is 2.25. The van der Waals surface area contributed by atoms with Crippen LogP contribution in [0.15, 0.2) is 34.1 Å². The molecule has 0 saturated carbocycles. The molecule has 0 atom stereocenters. The Bertz CT molecular complexity index is 873. The third-order valence-corrected chi connectivity index (χ3v) is 3.72. The number of carbonyl (C=O) groups excluding carboxylic acids is 1. The van der Waals surface area contributed by atoms with Gasteiger partial charge in [-0.05, 0) is 18.1 Å². The van der Waals surface area contributed by atoms with Gasteiger partial charge in [-0.1, -0.05) is 13.8 Å². The molecular formula is C17H23N5O4. The molecule has 2 aromatic heterocycles. The van der Waals surface area contributed by atoms with E-state index in [-0.39, 0.29) is 30.6 Å². The van der Waals surface area contributed by atoms with Crippen LogP contribution in [0.1, 0.15) is 24.2 Å². The predicted octanol–water partition coefficient (Wildman–Crippen LogP) is 0.463. The Hall–Kier alpha value is -2.94. The second-order valence-corrected chi connectivity index (χ2v) is 6.18. The maximum atomic E-state index is 12.9. The van der Waals surface area contributed by atoms with E-state index in [1.807, 2.05) is 13.8 Å². The molecule has 0 aromatic carbocycles. The molecular weight excluding hydrogens is 338 g/mol. The summed E-state index contributed by atoms with van der Waals surface area (Å²) in [7, 11) is 1.49. The van der Waals surface area contributed by atoms with Crippen LogP contribution in [-0.2, 0) is 11.3 Å². The molecule has 0 radical (unpaired) electrons. The number of rotatable bonds is 7. The number of hydrogen-bond donors (Lipinski definition) is 2. The van der Waals surface area contributed by atoms with Crippen LogP contribution in [0.25, 0.3) is 0 Å². The molecule has 0 unspecified atom stereocenters. The van der Waals surface area contributed by atoms with Crippen molar-refractivity contribution < 1.29 is 9.53 Å². The molecule has 0 spiro atoms. The summed E-state index contributed by atoms with van der Waals surface area (Å²) in [6.45, 7) is 4.45. The largest absolute Gasteiger partial charge is 0.383 e. The number of nitrogens with two attached hydrogens (primary N) is 1. The number of nitrogens with one attached hydrogen (secondary N) is 1. The van der Waals surface area contributed by atoms with Crippen LogP contribution >= 0.6 is 0 Å². The van der Waals surface area contributed by atoms with Gasteiger partial charge in [0.05, 0.1) is 6.61 Å². The lowest BCUT2D eigenvalue weighted by atomic mass is 10.2. The lowest BCUT2D eigenvalue weighted by molar-refractivity contribution is 0.0975. The van der Waals surface area contributed by atoms with E-state index in [0.717, 1.165) is 0 Å². The Kier molecular flexibility index (Phi) is 6.29. The van der Waals surface area contributed by atoms with E-state index in [1.54, 1.807) is 0 Å². The molecule has 26 heavy (non-hydrogen) atoms. The first-order chi connectivity index (χ1) is 12.4. The number of methoxy groups -OCH3 is 1. The van der Waals surface area contributed by atoms with Gasteiger partial charge in [0.1, 0.15) is 5.82 Å². The predicted molar refractivity (Wildman–Crippen MR) is 98.4 cm³/mol. The zero-order valence-electron chi connectivity index (χ0n) is 15.1. The van der Waals surface area contributed by atoms with Gasteiger partial charge < -0.3 is 10.5 Å². The van der Waals surface area contributed by atoms with E-state index >= 15 is 0 Å². The lowest BCUT2D eigenvalue weighted by Gasteiger charge is -2.24. The Morgan fingerprint density at radius 3 is 2.58 bits per heavy atom. The van der Waals surface area contributed by atoms with Crippen LogP contribution in [0.2, 0.25) is 0 Å². The molecule has 1 amide bonds. The number of hydrogen-bond acceptors (Lipinski definition) is 6. The minimum absolute atomic E-state index is 0.0500. The lowest BCUT2D eigenvalue weighted by Crippen LogP contribution is -2.42.